The van der Waals surface area contributed by atoms with E-state index in [2.05, 4.69) is 69.6 Å². The predicted octanol–water partition coefficient (Wildman–Crippen LogP) is 3.87. The number of hydrogen-bond acceptors (Lipinski definition) is 7. The van der Waals surface area contributed by atoms with Gasteiger partial charge in [-0.3, -0.25) is 0 Å². The van der Waals surface area contributed by atoms with Gasteiger partial charge in [-0.1, -0.05) is 12.1 Å². The molecule has 0 aliphatic rings. The molecule has 7 heteroatoms. The van der Waals surface area contributed by atoms with Crippen molar-refractivity contribution in [2.45, 2.75) is 24.3 Å². The van der Waals surface area contributed by atoms with E-state index >= 15 is 0 Å². The van der Waals surface area contributed by atoms with E-state index < -0.39 is 0 Å². The van der Waals surface area contributed by atoms with Crippen LogP contribution in [0.3, 0.4) is 0 Å². The quantitative estimate of drug-likeness (QED) is 0.689. The summed E-state index contributed by atoms with van der Waals surface area (Å²) < 4.78 is 0. The molecule has 0 fully saturated rings. The monoisotopic (exact) mass is 362 g/mol. The van der Waals surface area contributed by atoms with E-state index in [4.69, 9.17) is 5.26 Å². The zero-order valence-corrected chi connectivity index (χ0v) is 15.6. The molecule has 1 N–H and O–H groups in total. The van der Waals surface area contributed by atoms with Gasteiger partial charge in [0.2, 0.25) is 5.95 Å². The van der Waals surface area contributed by atoms with Crippen molar-refractivity contribution >= 4 is 17.7 Å². The van der Waals surface area contributed by atoms with Crippen molar-refractivity contribution in [1.82, 2.24) is 19.9 Å². The maximum Gasteiger partial charge on any atom is 0.223 e. The highest BCUT2D eigenvalue weighted by atomic mass is 32.2. The summed E-state index contributed by atoms with van der Waals surface area (Å²) in [4.78, 5) is 18.3. The molecule has 0 saturated heterocycles. The molecule has 0 saturated carbocycles. The molecule has 0 aliphatic heterocycles. The molecule has 0 radical (unpaired) electrons. The molecule has 130 valence electrons. The Bertz CT molecular complexity index is 929. The molecule has 6 nitrogen and oxygen atoms in total. The molecule has 3 aromatic rings. The van der Waals surface area contributed by atoms with Gasteiger partial charge in [0.05, 0.1) is 11.1 Å². The molecule has 2 heterocycles. The average molecular weight is 362 g/mol. The molecule has 0 amide bonds. The summed E-state index contributed by atoms with van der Waals surface area (Å²) in [5, 5.41) is 12.3. The van der Waals surface area contributed by atoms with Crippen molar-refractivity contribution in [1.29, 1.82) is 5.26 Å². The summed E-state index contributed by atoms with van der Waals surface area (Å²) in [6.07, 6.45) is 6.91. The van der Waals surface area contributed by atoms with Crippen LogP contribution in [0.1, 0.15) is 25.1 Å². The highest BCUT2D eigenvalue weighted by molar-refractivity contribution is 7.98. The molecule has 1 aromatic carbocycles. The SMILES string of the molecule is CSc1ccc(C(C)(C)Nc2ncc(-c3nccc(C#N)n3)cn2)cc1. The summed E-state index contributed by atoms with van der Waals surface area (Å²) in [6.45, 7) is 4.16. The zero-order chi connectivity index (χ0) is 18.6. The van der Waals surface area contributed by atoms with E-state index in [0.717, 1.165) is 5.56 Å². The number of anilines is 1. The lowest BCUT2D eigenvalue weighted by Gasteiger charge is -2.27. The van der Waals surface area contributed by atoms with Crippen molar-refractivity contribution in [2.24, 2.45) is 0 Å². The first-order chi connectivity index (χ1) is 12.5. The van der Waals surface area contributed by atoms with Crippen LogP contribution in [0.4, 0.5) is 5.95 Å². The highest BCUT2D eigenvalue weighted by Crippen LogP contribution is 2.26. The van der Waals surface area contributed by atoms with Crippen molar-refractivity contribution in [3.8, 4) is 17.5 Å². The van der Waals surface area contributed by atoms with Crippen molar-refractivity contribution in [3.05, 3.63) is 60.2 Å². The molecule has 0 spiro atoms. The highest BCUT2D eigenvalue weighted by Gasteiger charge is 2.21. The van der Waals surface area contributed by atoms with Crippen molar-refractivity contribution in [3.63, 3.8) is 0 Å². The molecule has 0 atom stereocenters. The van der Waals surface area contributed by atoms with Crippen LogP contribution >= 0.6 is 11.8 Å². The predicted molar refractivity (Wildman–Crippen MR) is 103 cm³/mol. The maximum absolute atomic E-state index is 8.94. The van der Waals surface area contributed by atoms with Crippen LogP contribution in [-0.4, -0.2) is 26.2 Å². The number of benzene rings is 1. The molecule has 0 bridgehead atoms. The molecular weight excluding hydrogens is 344 g/mol. The summed E-state index contributed by atoms with van der Waals surface area (Å²) in [5.41, 5.74) is 1.80. The van der Waals surface area contributed by atoms with Crippen LogP contribution in [-0.2, 0) is 5.54 Å². The van der Waals surface area contributed by atoms with Gasteiger partial charge >= 0.3 is 0 Å². The Morgan fingerprint density at radius 2 is 1.73 bits per heavy atom. The maximum atomic E-state index is 8.94. The van der Waals surface area contributed by atoms with Crippen LogP contribution in [0.5, 0.6) is 0 Å². The van der Waals surface area contributed by atoms with Gasteiger partial charge in [-0.2, -0.15) is 5.26 Å². The second-order valence-electron chi connectivity index (χ2n) is 6.15. The topological polar surface area (TPSA) is 87.4 Å². The average Bonchev–Trinajstić information content (AvgIpc) is 2.68. The normalized spacial score (nSPS) is 11.0. The molecule has 26 heavy (non-hydrogen) atoms. The fourth-order valence-electron chi connectivity index (χ4n) is 2.43. The third-order valence-corrected chi connectivity index (χ3v) is 4.66. The van der Waals surface area contributed by atoms with E-state index in [-0.39, 0.29) is 5.54 Å². The Morgan fingerprint density at radius 1 is 1.04 bits per heavy atom. The first-order valence-corrected chi connectivity index (χ1v) is 9.22. The van der Waals surface area contributed by atoms with Crippen LogP contribution in [0.2, 0.25) is 0 Å². The minimum atomic E-state index is -0.324. The zero-order valence-electron chi connectivity index (χ0n) is 14.8. The third-order valence-electron chi connectivity index (χ3n) is 3.92. The van der Waals surface area contributed by atoms with Crippen LogP contribution in [0.25, 0.3) is 11.4 Å². The minimum absolute atomic E-state index is 0.312. The molecular formula is C19H18N6S. The first-order valence-electron chi connectivity index (χ1n) is 8.00. The number of aromatic nitrogens is 4. The lowest BCUT2D eigenvalue weighted by molar-refractivity contribution is 0.601. The van der Waals surface area contributed by atoms with E-state index in [1.54, 1.807) is 36.4 Å². The largest absolute Gasteiger partial charge is 0.345 e. The van der Waals surface area contributed by atoms with Crippen molar-refractivity contribution in [2.75, 3.05) is 11.6 Å². The Balaban J connectivity index is 1.78. The van der Waals surface area contributed by atoms with Gasteiger partial charge in [-0.25, -0.2) is 19.9 Å². The number of thioether (sulfide) groups is 1. The lowest BCUT2D eigenvalue weighted by Crippen LogP contribution is -2.28. The second-order valence-corrected chi connectivity index (χ2v) is 7.03. The summed E-state index contributed by atoms with van der Waals surface area (Å²) in [7, 11) is 0. The number of nitrogens with one attached hydrogen (secondary N) is 1. The lowest BCUT2D eigenvalue weighted by atomic mass is 9.94. The standard InChI is InChI=1S/C19H18N6S/c1-19(2,14-4-6-16(26-3)7-5-14)25-18-22-11-13(12-23-18)17-21-9-8-15(10-20)24-17/h4-9,11-12H,1-3H3,(H,22,23,25). The van der Waals surface area contributed by atoms with Gasteiger partial charge in [-0.15, -0.1) is 11.8 Å². The van der Waals surface area contributed by atoms with Crippen LogP contribution in [0.15, 0.2) is 53.8 Å². The smallest absolute Gasteiger partial charge is 0.223 e. The second kappa shape index (κ2) is 7.50. The summed E-state index contributed by atoms with van der Waals surface area (Å²) >= 11 is 1.72. The van der Waals surface area contributed by atoms with Gasteiger partial charge in [-0.05, 0) is 43.9 Å². The van der Waals surface area contributed by atoms with Gasteiger partial charge in [0, 0.05) is 23.5 Å². The number of hydrogen-bond donors (Lipinski definition) is 1. The Hall–Kier alpha value is -2.98. The van der Waals surface area contributed by atoms with Gasteiger partial charge in [0.15, 0.2) is 5.82 Å². The fourth-order valence-corrected chi connectivity index (χ4v) is 2.84. The first kappa shape index (κ1) is 17.8. The van der Waals surface area contributed by atoms with Gasteiger partial charge < -0.3 is 5.32 Å². The number of rotatable bonds is 5. The van der Waals surface area contributed by atoms with E-state index in [1.165, 1.54) is 4.90 Å². The molecule has 3 rings (SSSR count). The van der Waals surface area contributed by atoms with E-state index in [0.29, 0.717) is 23.0 Å². The van der Waals surface area contributed by atoms with Crippen LogP contribution in [0, 0.1) is 11.3 Å². The number of nitriles is 1. The van der Waals surface area contributed by atoms with Crippen molar-refractivity contribution < 1.29 is 0 Å². The Morgan fingerprint density at radius 3 is 2.35 bits per heavy atom. The van der Waals surface area contributed by atoms with E-state index in [1.807, 2.05) is 6.07 Å². The van der Waals surface area contributed by atoms with E-state index in [9.17, 15) is 0 Å². The molecule has 0 aliphatic carbocycles. The fraction of sp³-hybridized carbons (Fsp3) is 0.211. The minimum Gasteiger partial charge on any atom is -0.345 e. The number of nitrogens with zero attached hydrogens (tertiary/aromatic N) is 5. The Kier molecular flexibility index (Phi) is 5.14. The van der Waals surface area contributed by atoms with Gasteiger partial charge in [0.1, 0.15) is 11.8 Å². The molecule has 2 aromatic heterocycles. The third kappa shape index (κ3) is 3.98. The van der Waals surface area contributed by atoms with Crippen LogP contribution < -0.4 is 5.32 Å². The summed E-state index contributed by atoms with van der Waals surface area (Å²) in [5.74, 6) is 0.951. The molecule has 0 unspecified atom stereocenters. The Labute approximate surface area is 156 Å². The van der Waals surface area contributed by atoms with Gasteiger partial charge in [0.25, 0.3) is 0 Å². The summed E-state index contributed by atoms with van der Waals surface area (Å²) in [6, 6.07) is 12.0.